The molecule has 4 rings (SSSR count). The molecule has 1 fully saturated rings. The van der Waals surface area contributed by atoms with E-state index in [-0.39, 0.29) is 16.8 Å². The number of nitrogens with zero attached hydrogens (tertiary/aromatic N) is 4. The van der Waals surface area contributed by atoms with Gasteiger partial charge in [0, 0.05) is 44.1 Å². The molecule has 0 atom stereocenters. The number of benzene rings is 1. The molecule has 1 aliphatic rings. The average Bonchev–Trinajstić information content (AvgIpc) is 3.53. The summed E-state index contributed by atoms with van der Waals surface area (Å²) in [4.78, 5) is 42.8. The molecule has 1 aromatic carbocycles. The molecule has 0 spiro atoms. The fourth-order valence-corrected chi connectivity index (χ4v) is 5.22. The molecule has 0 aliphatic carbocycles. The minimum absolute atomic E-state index is 0.00630. The van der Waals surface area contributed by atoms with Crippen molar-refractivity contribution in [3.8, 4) is 10.6 Å². The normalized spacial score (nSPS) is 13.6. The van der Waals surface area contributed by atoms with E-state index in [9.17, 15) is 19.5 Å². The summed E-state index contributed by atoms with van der Waals surface area (Å²) in [6, 6.07) is 7.82. The standard InChI is InChI=1S/C26H33N7O5S/c1-3-4-12-38-26(37)27-14-17-8-10-33(11-9-17)20-7-5-6-18(13-20)23-30-21(24(39-23)31-25(35)36)22(34)29-19-15-28-32(2)16-19/h5-7,13,15-17,31H,3-4,8-12,14H2,1-2H3,(H,27,37)(H,29,34)(H,35,36). The fraction of sp³-hybridized carbons (Fsp3) is 0.423. The van der Waals surface area contributed by atoms with Crippen LogP contribution in [0.5, 0.6) is 0 Å². The summed E-state index contributed by atoms with van der Waals surface area (Å²) in [5.74, 6) is -0.150. The fourth-order valence-electron chi connectivity index (χ4n) is 4.27. The predicted octanol–water partition coefficient (Wildman–Crippen LogP) is 4.63. The van der Waals surface area contributed by atoms with E-state index in [1.54, 1.807) is 17.9 Å². The van der Waals surface area contributed by atoms with Gasteiger partial charge in [0.15, 0.2) is 5.69 Å². The molecule has 0 unspecified atom stereocenters. The Hall–Kier alpha value is -4.13. The number of amides is 3. The number of ether oxygens (including phenoxy) is 1. The number of nitrogens with one attached hydrogen (secondary N) is 3. The number of thiazole rings is 1. The van der Waals surface area contributed by atoms with Gasteiger partial charge >= 0.3 is 12.2 Å². The zero-order valence-electron chi connectivity index (χ0n) is 22.0. The maximum Gasteiger partial charge on any atom is 0.409 e. The van der Waals surface area contributed by atoms with Gasteiger partial charge in [-0.3, -0.25) is 14.8 Å². The highest BCUT2D eigenvalue weighted by molar-refractivity contribution is 7.19. The molecule has 1 saturated heterocycles. The summed E-state index contributed by atoms with van der Waals surface area (Å²) in [6.07, 6.45) is 5.22. The van der Waals surface area contributed by atoms with Crippen molar-refractivity contribution in [3.63, 3.8) is 0 Å². The lowest BCUT2D eigenvalue weighted by Crippen LogP contribution is -2.38. The van der Waals surface area contributed by atoms with Gasteiger partial charge in [-0.25, -0.2) is 14.6 Å². The highest BCUT2D eigenvalue weighted by atomic mass is 32.1. The van der Waals surface area contributed by atoms with E-state index < -0.39 is 12.0 Å². The molecule has 208 valence electrons. The first-order chi connectivity index (χ1) is 18.8. The minimum atomic E-state index is -1.28. The van der Waals surface area contributed by atoms with Crippen LogP contribution in [-0.4, -0.2) is 64.2 Å². The van der Waals surface area contributed by atoms with Crippen LogP contribution in [0.25, 0.3) is 10.6 Å². The predicted molar refractivity (Wildman–Crippen MR) is 150 cm³/mol. The lowest BCUT2D eigenvalue weighted by atomic mass is 9.96. The summed E-state index contributed by atoms with van der Waals surface area (Å²) in [5.41, 5.74) is 2.27. The van der Waals surface area contributed by atoms with Crippen molar-refractivity contribution in [2.24, 2.45) is 13.0 Å². The summed E-state index contributed by atoms with van der Waals surface area (Å²) in [5, 5.41) is 21.8. The number of rotatable bonds is 10. The number of carboxylic acid groups (broad SMARTS) is 1. The van der Waals surface area contributed by atoms with Crippen molar-refractivity contribution in [1.29, 1.82) is 0 Å². The van der Waals surface area contributed by atoms with Crippen LogP contribution in [0.4, 0.5) is 26.0 Å². The molecule has 39 heavy (non-hydrogen) atoms. The van der Waals surface area contributed by atoms with Crippen molar-refractivity contribution in [3.05, 3.63) is 42.4 Å². The topological polar surface area (TPSA) is 151 Å². The third-order valence-corrected chi connectivity index (χ3v) is 7.38. The smallest absolute Gasteiger partial charge is 0.409 e. The highest BCUT2D eigenvalue weighted by Crippen LogP contribution is 2.35. The third kappa shape index (κ3) is 7.69. The van der Waals surface area contributed by atoms with Crippen molar-refractivity contribution in [1.82, 2.24) is 20.1 Å². The van der Waals surface area contributed by atoms with Crippen molar-refractivity contribution < 1.29 is 24.2 Å². The van der Waals surface area contributed by atoms with Gasteiger partial charge < -0.3 is 25.4 Å². The Morgan fingerprint density at radius 1 is 1.21 bits per heavy atom. The Morgan fingerprint density at radius 3 is 2.69 bits per heavy atom. The second-order valence-electron chi connectivity index (χ2n) is 9.33. The number of unbranched alkanes of at least 4 members (excludes halogenated alkanes) is 1. The Morgan fingerprint density at radius 2 is 2.00 bits per heavy atom. The van der Waals surface area contributed by atoms with Crippen LogP contribution in [0.2, 0.25) is 0 Å². The van der Waals surface area contributed by atoms with E-state index in [1.165, 1.54) is 6.20 Å². The largest absolute Gasteiger partial charge is 0.465 e. The van der Waals surface area contributed by atoms with E-state index >= 15 is 0 Å². The Balaban J connectivity index is 1.40. The monoisotopic (exact) mass is 555 g/mol. The quantitative estimate of drug-likeness (QED) is 0.265. The molecule has 1 aliphatic heterocycles. The molecule has 2 aromatic heterocycles. The Labute approximate surface area is 230 Å². The maximum absolute atomic E-state index is 12.9. The average molecular weight is 556 g/mol. The second kappa shape index (κ2) is 13.1. The molecule has 0 saturated carbocycles. The van der Waals surface area contributed by atoms with E-state index in [1.807, 2.05) is 24.3 Å². The molecule has 4 N–H and O–H groups in total. The van der Waals surface area contributed by atoms with Gasteiger partial charge in [-0.1, -0.05) is 36.8 Å². The van der Waals surface area contributed by atoms with Crippen LogP contribution >= 0.6 is 11.3 Å². The van der Waals surface area contributed by atoms with E-state index in [0.29, 0.717) is 29.8 Å². The third-order valence-electron chi connectivity index (χ3n) is 6.36. The number of carbonyl (C=O) groups is 3. The molecule has 3 heterocycles. The highest BCUT2D eigenvalue weighted by Gasteiger charge is 2.23. The minimum Gasteiger partial charge on any atom is -0.465 e. The Bertz CT molecular complexity index is 1300. The molecular weight excluding hydrogens is 522 g/mol. The zero-order chi connectivity index (χ0) is 27.8. The molecule has 3 aromatic rings. The molecule has 12 nitrogen and oxygen atoms in total. The van der Waals surface area contributed by atoms with Crippen molar-refractivity contribution in [2.75, 3.05) is 41.8 Å². The number of carbonyl (C=O) groups excluding carboxylic acids is 2. The summed E-state index contributed by atoms with van der Waals surface area (Å²) in [6.45, 7) is 4.77. The van der Waals surface area contributed by atoms with Crippen LogP contribution in [-0.2, 0) is 11.8 Å². The van der Waals surface area contributed by atoms with E-state index in [0.717, 1.165) is 61.4 Å². The van der Waals surface area contributed by atoms with Gasteiger partial charge in [-0.05, 0) is 37.3 Å². The number of anilines is 3. The van der Waals surface area contributed by atoms with Crippen molar-refractivity contribution in [2.45, 2.75) is 32.6 Å². The zero-order valence-corrected chi connectivity index (χ0v) is 22.8. The summed E-state index contributed by atoms with van der Waals surface area (Å²) < 4.78 is 6.71. The van der Waals surface area contributed by atoms with Crippen LogP contribution < -0.4 is 20.9 Å². The first-order valence-corrected chi connectivity index (χ1v) is 13.7. The molecule has 3 amide bonds. The first-order valence-electron chi connectivity index (χ1n) is 12.9. The lowest BCUT2D eigenvalue weighted by Gasteiger charge is -2.33. The van der Waals surface area contributed by atoms with Crippen LogP contribution in [0, 0.1) is 5.92 Å². The number of alkyl carbamates (subject to hydrolysis) is 1. The summed E-state index contributed by atoms with van der Waals surface area (Å²) in [7, 11) is 1.73. The molecule has 0 radical (unpaired) electrons. The number of aromatic nitrogens is 3. The van der Waals surface area contributed by atoms with Crippen LogP contribution in [0.15, 0.2) is 36.7 Å². The van der Waals surface area contributed by atoms with Gasteiger partial charge in [0.25, 0.3) is 5.91 Å². The van der Waals surface area contributed by atoms with Gasteiger partial charge in [-0.2, -0.15) is 5.10 Å². The van der Waals surface area contributed by atoms with E-state index in [4.69, 9.17) is 4.74 Å². The van der Waals surface area contributed by atoms with Gasteiger partial charge in [-0.15, -0.1) is 0 Å². The second-order valence-corrected chi connectivity index (χ2v) is 10.3. The SMILES string of the molecule is CCCCOC(=O)NCC1CCN(c2cccc(-c3nc(C(=O)Nc4cnn(C)c4)c(NC(=O)O)s3)c2)CC1. The molecule has 0 bridgehead atoms. The van der Waals surface area contributed by atoms with Gasteiger partial charge in [0.2, 0.25) is 0 Å². The van der Waals surface area contributed by atoms with Crippen LogP contribution in [0.3, 0.4) is 0 Å². The number of hydrogen-bond donors (Lipinski definition) is 4. The summed E-state index contributed by atoms with van der Waals surface area (Å²) >= 11 is 1.10. The van der Waals surface area contributed by atoms with E-state index in [2.05, 4.69) is 37.9 Å². The molecular formula is C26H33N7O5S. The first kappa shape index (κ1) is 27.9. The molecule has 13 heteroatoms. The van der Waals surface area contributed by atoms with Gasteiger partial charge in [0.05, 0.1) is 18.5 Å². The lowest BCUT2D eigenvalue weighted by molar-refractivity contribution is 0.102. The number of piperidine rings is 1. The van der Waals surface area contributed by atoms with Crippen LogP contribution in [0.1, 0.15) is 43.1 Å². The Kier molecular flexibility index (Phi) is 9.36. The number of hydrogen-bond acceptors (Lipinski definition) is 8. The maximum atomic E-state index is 12.9. The number of aryl methyl sites for hydroxylation is 1. The van der Waals surface area contributed by atoms with Crippen molar-refractivity contribution >= 4 is 45.8 Å². The van der Waals surface area contributed by atoms with Gasteiger partial charge in [0.1, 0.15) is 10.0 Å².